The molecule has 0 unspecified atom stereocenters. The first-order valence-electron chi connectivity index (χ1n) is 8.37. The van der Waals surface area contributed by atoms with Gasteiger partial charge in [0.05, 0.1) is 6.04 Å². The second kappa shape index (κ2) is 5.61. The lowest BCUT2D eigenvalue weighted by atomic mass is 9.93. The minimum absolute atomic E-state index is 0.0311. The van der Waals surface area contributed by atoms with Gasteiger partial charge in [-0.15, -0.1) is 10.2 Å². The summed E-state index contributed by atoms with van der Waals surface area (Å²) < 4.78 is 1.75. The number of fused-ring (bicyclic) bond motifs is 3. The lowest BCUT2D eigenvalue weighted by molar-refractivity contribution is 0.123. The molecule has 9 nitrogen and oxygen atoms in total. The number of urea groups is 1. The molecule has 1 saturated heterocycles. The van der Waals surface area contributed by atoms with Gasteiger partial charge in [-0.2, -0.15) is 0 Å². The Labute approximate surface area is 143 Å². The molecular weight excluding hydrogens is 322 g/mol. The van der Waals surface area contributed by atoms with Gasteiger partial charge in [-0.3, -0.25) is 9.55 Å². The zero-order valence-electron chi connectivity index (χ0n) is 14.5. The number of piperidine rings is 1. The molecule has 0 aromatic carbocycles. The number of aromatic nitrogens is 5. The van der Waals surface area contributed by atoms with Gasteiger partial charge in [-0.25, -0.2) is 9.59 Å². The second-order valence-electron chi connectivity index (χ2n) is 6.89. The smallest absolute Gasteiger partial charge is 0.328 e. The highest BCUT2D eigenvalue weighted by atomic mass is 16.2. The number of nitrogens with one attached hydrogen (secondary N) is 2. The zero-order valence-corrected chi connectivity index (χ0v) is 14.5. The van der Waals surface area contributed by atoms with Crippen molar-refractivity contribution in [1.29, 1.82) is 0 Å². The van der Waals surface area contributed by atoms with Gasteiger partial charge in [-0.05, 0) is 18.4 Å². The number of rotatable bonds is 1. The van der Waals surface area contributed by atoms with Gasteiger partial charge in [0.1, 0.15) is 5.52 Å². The number of carbonyl (C=O) groups excluding carboxylic acids is 1. The van der Waals surface area contributed by atoms with E-state index in [1.54, 1.807) is 34.7 Å². The molecule has 0 bridgehead atoms. The first-order valence-corrected chi connectivity index (χ1v) is 8.37. The van der Waals surface area contributed by atoms with E-state index >= 15 is 0 Å². The number of amides is 2. The predicted octanol–water partition coefficient (Wildman–Crippen LogP) is 1.17. The number of hydrogen-bond donors (Lipinski definition) is 2. The highest BCUT2D eigenvalue weighted by molar-refractivity contribution is 5.99. The Morgan fingerprint density at radius 3 is 2.84 bits per heavy atom. The first kappa shape index (κ1) is 15.7. The van der Waals surface area contributed by atoms with Crippen molar-refractivity contribution in [2.24, 2.45) is 5.92 Å². The van der Waals surface area contributed by atoms with Crippen LogP contribution in [-0.2, 0) is 0 Å². The summed E-state index contributed by atoms with van der Waals surface area (Å²) in [5, 5.41) is 9.07. The molecular formula is C16H21N7O2. The molecule has 3 aromatic heterocycles. The third kappa shape index (κ3) is 2.38. The maximum absolute atomic E-state index is 12.7. The number of imidazole rings is 1. The summed E-state index contributed by atoms with van der Waals surface area (Å²) in [7, 11) is 3.48. The topological polar surface area (TPSA) is 103 Å². The van der Waals surface area contributed by atoms with Crippen molar-refractivity contribution in [2.75, 3.05) is 27.2 Å². The van der Waals surface area contributed by atoms with E-state index in [-0.39, 0.29) is 23.7 Å². The lowest BCUT2D eigenvalue weighted by Gasteiger charge is -2.38. The lowest BCUT2D eigenvalue weighted by Crippen LogP contribution is -2.48. The zero-order chi connectivity index (χ0) is 17.7. The monoisotopic (exact) mass is 343 g/mol. The molecule has 0 radical (unpaired) electrons. The maximum atomic E-state index is 12.7. The number of likely N-dealkylation sites (tertiary alicyclic amines) is 1. The van der Waals surface area contributed by atoms with Gasteiger partial charge in [0.25, 0.3) is 0 Å². The van der Waals surface area contributed by atoms with Crippen molar-refractivity contribution in [3.05, 3.63) is 22.7 Å². The Kier molecular flexibility index (Phi) is 3.52. The molecule has 0 saturated carbocycles. The van der Waals surface area contributed by atoms with Crippen LogP contribution in [-0.4, -0.2) is 67.7 Å². The van der Waals surface area contributed by atoms with Crippen molar-refractivity contribution >= 4 is 28.2 Å². The Morgan fingerprint density at radius 2 is 2.08 bits per heavy atom. The molecule has 1 aliphatic heterocycles. The van der Waals surface area contributed by atoms with E-state index in [0.29, 0.717) is 24.4 Å². The Bertz CT molecular complexity index is 999. The van der Waals surface area contributed by atoms with Crippen LogP contribution in [0.4, 0.5) is 4.79 Å². The van der Waals surface area contributed by atoms with Gasteiger partial charge in [0, 0.05) is 38.8 Å². The van der Waals surface area contributed by atoms with E-state index in [2.05, 4.69) is 27.1 Å². The third-order valence-electron chi connectivity index (χ3n) is 5.04. The van der Waals surface area contributed by atoms with Crippen molar-refractivity contribution < 1.29 is 4.79 Å². The van der Waals surface area contributed by atoms with E-state index in [1.807, 2.05) is 6.07 Å². The van der Waals surface area contributed by atoms with Crippen molar-refractivity contribution in [1.82, 2.24) is 34.5 Å². The number of H-pyrrole nitrogens is 2. The van der Waals surface area contributed by atoms with Crippen LogP contribution in [0.5, 0.6) is 0 Å². The molecule has 0 spiro atoms. The second-order valence-corrected chi connectivity index (χ2v) is 6.89. The van der Waals surface area contributed by atoms with Crippen LogP contribution in [0.1, 0.15) is 19.4 Å². The van der Waals surface area contributed by atoms with Crippen molar-refractivity contribution in [3.8, 4) is 0 Å². The molecule has 132 valence electrons. The summed E-state index contributed by atoms with van der Waals surface area (Å²) in [6.45, 7) is 3.32. The summed E-state index contributed by atoms with van der Waals surface area (Å²) in [4.78, 5) is 34.2. The van der Waals surface area contributed by atoms with Crippen LogP contribution >= 0.6 is 0 Å². The number of carbonyl (C=O) groups is 1. The predicted molar refractivity (Wildman–Crippen MR) is 93.5 cm³/mol. The van der Waals surface area contributed by atoms with Crippen LogP contribution < -0.4 is 5.69 Å². The largest absolute Gasteiger partial charge is 0.345 e. The highest BCUT2D eigenvalue weighted by Gasteiger charge is 2.33. The van der Waals surface area contributed by atoms with Crippen molar-refractivity contribution in [3.63, 3.8) is 0 Å². The number of nitrogens with zero attached hydrogens (tertiary/aromatic N) is 5. The molecule has 1 aliphatic rings. The van der Waals surface area contributed by atoms with E-state index in [0.717, 1.165) is 17.3 Å². The van der Waals surface area contributed by atoms with Crippen LogP contribution in [0.3, 0.4) is 0 Å². The summed E-state index contributed by atoms with van der Waals surface area (Å²) in [6, 6.07) is 1.75. The minimum Gasteiger partial charge on any atom is -0.345 e. The summed E-state index contributed by atoms with van der Waals surface area (Å²) in [5.74, 6) is 0.269. The van der Waals surface area contributed by atoms with Crippen molar-refractivity contribution in [2.45, 2.75) is 19.4 Å². The standard InChI is InChI=1S/C16H21N7O2/c1-9-5-7-22(16(25)21(2)3)8-11(9)23-12-10-4-6-17-13(10)19-20-14(12)18-15(23)24/h4,6,9,11H,5,7-8H2,1-3H3,(H,17,19)(H,18,20,24)/t9-,11+/m1/s1. The van der Waals surface area contributed by atoms with E-state index < -0.39 is 0 Å². The molecule has 3 aromatic rings. The Balaban J connectivity index is 1.85. The molecule has 1 fully saturated rings. The average Bonchev–Trinajstić information content (AvgIpc) is 3.17. The molecule has 2 atom stereocenters. The molecule has 2 amide bonds. The molecule has 9 heteroatoms. The molecule has 4 rings (SSSR count). The summed E-state index contributed by atoms with van der Waals surface area (Å²) in [5.41, 5.74) is 1.64. The Morgan fingerprint density at radius 1 is 1.32 bits per heavy atom. The highest BCUT2D eigenvalue weighted by Crippen LogP contribution is 2.31. The van der Waals surface area contributed by atoms with Gasteiger partial charge in [-0.1, -0.05) is 6.92 Å². The molecule has 25 heavy (non-hydrogen) atoms. The van der Waals surface area contributed by atoms with E-state index in [1.165, 1.54) is 0 Å². The van der Waals surface area contributed by atoms with Crippen LogP contribution in [0.2, 0.25) is 0 Å². The molecule has 4 heterocycles. The third-order valence-corrected chi connectivity index (χ3v) is 5.04. The van der Waals surface area contributed by atoms with Gasteiger partial charge < -0.3 is 14.8 Å². The number of hydrogen-bond acceptors (Lipinski definition) is 4. The summed E-state index contributed by atoms with van der Waals surface area (Å²) in [6.07, 6.45) is 2.63. The minimum atomic E-state index is -0.214. The number of aromatic amines is 2. The van der Waals surface area contributed by atoms with E-state index in [9.17, 15) is 9.59 Å². The fourth-order valence-corrected chi connectivity index (χ4v) is 3.66. The maximum Gasteiger partial charge on any atom is 0.328 e. The SMILES string of the molecule is C[C@@H]1CCN(C(=O)N(C)C)C[C@@H]1n1c(=O)[nH]c2nnc3[nH]ccc3c21. The van der Waals surface area contributed by atoms with Crippen LogP contribution in [0.25, 0.3) is 22.2 Å². The van der Waals surface area contributed by atoms with Gasteiger partial charge in [0.2, 0.25) is 0 Å². The summed E-state index contributed by atoms with van der Waals surface area (Å²) >= 11 is 0. The molecule has 2 N–H and O–H groups in total. The van der Waals surface area contributed by atoms with Crippen LogP contribution in [0.15, 0.2) is 17.1 Å². The quantitative estimate of drug-likeness (QED) is 0.692. The fraction of sp³-hybridized carbons (Fsp3) is 0.500. The average molecular weight is 343 g/mol. The first-order chi connectivity index (χ1) is 12.0. The van der Waals surface area contributed by atoms with E-state index in [4.69, 9.17) is 0 Å². The molecule has 0 aliphatic carbocycles. The van der Waals surface area contributed by atoms with Gasteiger partial charge >= 0.3 is 11.7 Å². The fourth-order valence-electron chi connectivity index (χ4n) is 3.66. The van der Waals surface area contributed by atoms with Crippen LogP contribution in [0, 0.1) is 5.92 Å². The van der Waals surface area contributed by atoms with Gasteiger partial charge in [0.15, 0.2) is 11.3 Å². The normalized spacial score (nSPS) is 21.2. The Hall–Kier alpha value is -2.84.